The van der Waals surface area contributed by atoms with Crippen molar-refractivity contribution in [2.45, 2.75) is 31.7 Å². The first-order valence-corrected chi connectivity index (χ1v) is 8.38. The average Bonchev–Trinajstić information content (AvgIpc) is 3.41. The van der Waals surface area contributed by atoms with Crippen LogP contribution in [0.3, 0.4) is 0 Å². The topological polar surface area (TPSA) is 105 Å². The fourth-order valence-corrected chi connectivity index (χ4v) is 2.77. The van der Waals surface area contributed by atoms with Gasteiger partial charge in [0.25, 0.3) is 0 Å². The van der Waals surface area contributed by atoms with Gasteiger partial charge in [-0.15, -0.1) is 0 Å². The van der Waals surface area contributed by atoms with E-state index in [-0.39, 0.29) is 11.9 Å². The van der Waals surface area contributed by atoms with Crippen LogP contribution in [0, 0.1) is 5.41 Å². The van der Waals surface area contributed by atoms with Gasteiger partial charge >= 0.3 is 6.03 Å². The largest absolute Gasteiger partial charge is 0.381 e. The second-order valence-electron chi connectivity index (χ2n) is 6.50. The highest BCUT2D eigenvalue weighted by molar-refractivity contribution is 5.96. The predicted octanol–water partition coefficient (Wildman–Crippen LogP) is 1.66. The van der Waals surface area contributed by atoms with Crippen molar-refractivity contribution in [3.05, 3.63) is 24.3 Å². The van der Waals surface area contributed by atoms with Crippen molar-refractivity contribution in [2.75, 3.05) is 30.4 Å². The molecule has 1 saturated heterocycles. The number of nitrogens with one attached hydrogen (secondary N) is 3. The Morgan fingerprint density at radius 3 is 2.21 bits per heavy atom. The third-order valence-electron chi connectivity index (χ3n) is 4.64. The number of hydrogen-bond acceptors (Lipinski definition) is 4. The van der Waals surface area contributed by atoms with Crippen molar-refractivity contribution >= 4 is 23.3 Å². The molecule has 1 heterocycles. The van der Waals surface area contributed by atoms with Gasteiger partial charge in [-0.1, -0.05) is 0 Å². The van der Waals surface area contributed by atoms with Gasteiger partial charge in [0, 0.05) is 37.2 Å². The maximum atomic E-state index is 12.6. The minimum atomic E-state index is -0.556. The van der Waals surface area contributed by atoms with Crippen molar-refractivity contribution in [1.29, 1.82) is 0 Å². The fourth-order valence-electron chi connectivity index (χ4n) is 2.77. The van der Waals surface area contributed by atoms with Gasteiger partial charge in [-0.2, -0.15) is 0 Å². The van der Waals surface area contributed by atoms with Gasteiger partial charge < -0.3 is 26.4 Å². The zero-order valence-corrected chi connectivity index (χ0v) is 13.6. The monoisotopic (exact) mass is 332 g/mol. The number of hydrogen-bond donors (Lipinski definition) is 4. The van der Waals surface area contributed by atoms with E-state index in [1.54, 1.807) is 24.3 Å². The first-order valence-electron chi connectivity index (χ1n) is 8.38. The minimum Gasteiger partial charge on any atom is -0.381 e. The number of anilines is 2. The number of benzene rings is 1. The van der Waals surface area contributed by atoms with Crippen LogP contribution in [-0.4, -0.2) is 37.7 Å². The van der Waals surface area contributed by atoms with Crippen LogP contribution in [0.25, 0.3) is 0 Å². The van der Waals surface area contributed by atoms with Crippen LogP contribution in [0.1, 0.15) is 25.7 Å². The Balaban J connectivity index is 1.56. The standard InChI is InChI=1S/C17H24N4O3/c18-11-17(7-9-24-10-8-17)15(22)19-12-1-3-13(4-2-12)20-16(23)21-14-5-6-14/h1-4,14H,5-11,18H2,(H,19,22)(H2,20,21,23). The third-order valence-corrected chi connectivity index (χ3v) is 4.64. The Morgan fingerprint density at radius 2 is 1.67 bits per heavy atom. The number of amides is 3. The lowest BCUT2D eigenvalue weighted by atomic mass is 9.79. The fraction of sp³-hybridized carbons (Fsp3) is 0.529. The Hall–Kier alpha value is -2.12. The molecule has 3 rings (SSSR count). The van der Waals surface area contributed by atoms with Crippen LogP contribution < -0.4 is 21.7 Å². The number of ether oxygens (including phenoxy) is 1. The highest BCUT2D eigenvalue weighted by Crippen LogP contribution is 2.31. The van der Waals surface area contributed by atoms with Gasteiger partial charge in [-0.3, -0.25) is 4.79 Å². The van der Waals surface area contributed by atoms with Crippen molar-refractivity contribution in [3.8, 4) is 0 Å². The molecule has 1 aromatic carbocycles. The molecule has 2 fully saturated rings. The van der Waals surface area contributed by atoms with E-state index in [2.05, 4.69) is 16.0 Å². The Bertz CT molecular complexity index is 592. The quantitative estimate of drug-likeness (QED) is 0.658. The lowest BCUT2D eigenvalue weighted by Crippen LogP contribution is -2.46. The first-order chi connectivity index (χ1) is 11.6. The third kappa shape index (κ3) is 4.04. The van der Waals surface area contributed by atoms with Crippen LogP contribution in [0.5, 0.6) is 0 Å². The molecule has 0 bridgehead atoms. The molecular weight excluding hydrogens is 308 g/mol. The average molecular weight is 332 g/mol. The molecule has 1 saturated carbocycles. The van der Waals surface area contributed by atoms with Gasteiger partial charge in [0.15, 0.2) is 0 Å². The molecule has 130 valence electrons. The minimum absolute atomic E-state index is 0.0690. The van der Waals surface area contributed by atoms with Crippen LogP contribution >= 0.6 is 0 Å². The van der Waals surface area contributed by atoms with Gasteiger partial charge in [-0.05, 0) is 49.9 Å². The lowest BCUT2D eigenvalue weighted by Gasteiger charge is -2.34. The molecule has 0 unspecified atom stereocenters. The van der Waals surface area contributed by atoms with Crippen molar-refractivity contribution < 1.29 is 14.3 Å². The molecular formula is C17H24N4O3. The summed E-state index contributed by atoms with van der Waals surface area (Å²) in [5.41, 5.74) is 6.66. The van der Waals surface area contributed by atoms with Gasteiger partial charge in [0.2, 0.25) is 5.91 Å². The number of carbonyl (C=O) groups excluding carboxylic acids is 2. The van der Waals surface area contributed by atoms with E-state index in [1.165, 1.54) is 0 Å². The smallest absolute Gasteiger partial charge is 0.319 e. The van der Waals surface area contributed by atoms with E-state index >= 15 is 0 Å². The van der Waals surface area contributed by atoms with Gasteiger partial charge in [0.1, 0.15) is 0 Å². The number of urea groups is 1. The molecule has 0 spiro atoms. The number of nitrogens with two attached hydrogens (primary N) is 1. The zero-order valence-electron chi connectivity index (χ0n) is 13.6. The van der Waals surface area contributed by atoms with E-state index in [9.17, 15) is 9.59 Å². The van der Waals surface area contributed by atoms with Crippen LogP contribution in [0.2, 0.25) is 0 Å². The summed E-state index contributed by atoms with van der Waals surface area (Å²) >= 11 is 0. The van der Waals surface area contributed by atoms with Crippen LogP contribution in [0.15, 0.2) is 24.3 Å². The molecule has 24 heavy (non-hydrogen) atoms. The van der Waals surface area contributed by atoms with Crippen LogP contribution in [-0.2, 0) is 9.53 Å². The second-order valence-corrected chi connectivity index (χ2v) is 6.50. The molecule has 7 nitrogen and oxygen atoms in total. The molecule has 0 radical (unpaired) electrons. The second kappa shape index (κ2) is 7.19. The molecule has 1 aliphatic heterocycles. The lowest BCUT2D eigenvalue weighted by molar-refractivity contribution is -0.130. The molecule has 0 aromatic heterocycles. The van der Waals surface area contributed by atoms with E-state index in [4.69, 9.17) is 10.5 Å². The van der Waals surface area contributed by atoms with Gasteiger partial charge in [-0.25, -0.2) is 4.79 Å². The maximum absolute atomic E-state index is 12.6. The van der Waals surface area contributed by atoms with Crippen molar-refractivity contribution in [3.63, 3.8) is 0 Å². The molecule has 1 aliphatic carbocycles. The van der Waals surface area contributed by atoms with Crippen molar-refractivity contribution in [2.24, 2.45) is 11.1 Å². The number of rotatable bonds is 5. The van der Waals surface area contributed by atoms with Gasteiger partial charge in [0.05, 0.1) is 5.41 Å². The van der Waals surface area contributed by atoms with Crippen LogP contribution in [0.4, 0.5) is 16.2 Å². The summed E-state index contributed by atoms with van der Waals surface area (Å²) in [7, 11) is 0. The Kier molecular flexibility index (Phi) is 5.01. The van der Waals surface area contributed by atoms with E-state index in [0.717, 1.165) is 12.8 Å². The summed E-state index contributed by atoms with van der Waals surface area (Å²) in [6.45, 7) is 1.43. The molecule has 2 aliphatic rings. The summed E-state index contributed by atoms with van der Waals surface area (Å²) in [5, 5.41) is 8.56. The van der Waals surface area contributed by atoms with E-state index < -0.39 is 5.41 Å². The summed E-state index contributed by atoms with van der Waals surface area (Å²) in [5.74, 6) is -0.0690. The van der Waals surface area contributed by atoms with Crippen molar-refractivity contribution in [1.82, 2.24) is 5.32 Å². The first kappa shape index (κ1) is 16.7. The molecule has 3 amide bonds. The Morgan fingerprint density at radius 1 is 1.08 bits per heavy atom. The maximum Gasteiger partial charge on any atom is 0.319 e. The summed E-state index contributed by atoms with van der Waals surface area (Å²) in [4.78, 5) is 24.3. The summed E-state index contributed by atoms with van der Waals surface area (Å²) < 4.78 is 5.33. The molecule has 1 aromatic rings. The van der Waals surface area contributed by atoms with E-state index in [1.807, 2.05) is 0 Å². The molecule has 0 atom stereocenters. The predicted molar refractivity (Wildman–Crippen MR) is 91.8 cm³/mol. The molecule has 7 heteroatoms. The SMILES string of the molecule is NCC1(C(=O)Nc2ccc(NC(=O)NC3CC3)cc2)CCOCC1. The zero-order chi connectivity index (χ0) is 17.0. The molecule has 5 N–H and O–H groups in total. The normalized spacial score (nSPS) is 19.4. The number of carbonyl (C=O) groups is 2. The summed E-state index contributed by atoms with van der Waals surface area (Å²) in [6, 6.07) is 7.19. The highest BCUT2D eigenvalue weighted by Gasteiger charge is 2.38. The highest BCUT2D eigenvalue weighted by atomic mass is 16.5. The summed E-state index contributed by atoms with van der Waals surface area (Å²) in [6.07, 6.45) is 3.37. The Labute approximate surface area is 141 Å². The van der Waals surface area contributed by atoms with E-state index in [0.29, 0.717) is 50.0 Å².